The zero-order valence-corrected chi connectivity index (χ0v) is 8.90. The maximum absolute atomic E-state index is 11.7. The quantitative estimate of drug-likeness (QED) is 0.810. The lowest BCUT2D eigenvalue weighted by Crippen LogP contribution is -2.16. The van der Waals surface area contributed by atoms with E-state index in [1.165, 1.54) is 0 Å². The standard InChI is InChI=1S/C11H12N4O/c1-2-12-11-13-10(16)9(14-15-11)8-6-4-3-5-7-8/h3-7H,2H2,1H3,(H2,12,13,15,16). The van der Waals surface area contributed by atoms with Crippen molar-refractivity contribution in [3.8, 4) is 11.3 Å². The van der Waals surface area contributed by atoms with Crippen LogP contribution < -0.4 is 10.9 Å². The summed E-state index contributed by atoms with van der Waals surface area (Å²) in [6.45, 7) is 2.61. The highest BCUT2D eigenvalue weighted by Crippen LogP contribution is 2.10. The van der Waals surface area contributed by atoms with Gasteiger partial charge in [0.25, 0.3) is 5.56 Å². The van der Waals surface area contributed by atoms with Crippen LogP contribution in [-0.2, 0) is 0 Å². The molecule has 0 aliphatic carbocycles. The number of aromatic amines is 1. The second-order valence-corrected chi connectivity index (χ2v) is 3.25. The van der Waals surface area contributed by atoms with Crippen LogP contribution in [0.5, 0.6) is 0 Å². The number of nitrogens with zero attached hydrogens (tertiary/aromatic N) is 2. The van der Waals surface area contributed by atoms with Gasteiger partial charge < -0.3 is 5.32 Å². The molecule has 2 rings (SSSR count). The average molecular weight is 216 g/mol. The van der Waals surface area contributed by atoms with E-state index in [0.717, 1.165) is 5.56 Å². The number of aromatic nitrogens is 3. The molecule has 5 heteroatoms. The van der Waals surface area contributed by atoms with Crippen molar-refractivity contribution in [1.29, 1.82) is 0 Å². The Balaban J connectivity index is 2.41. The topological polar surface area (TPSA) is 70.7 Å². The Morgan fingerprint density at radius 1 is 1.25 bits per heavy atom. The Bertz CT molecular complexity index is 521. The van der Waals surface area contributed by atoms with Crippen molar-refractivity contribution in [1.82, 2.24) is 15.2 Å². The molecule has 0 radical (unpaired) electrons. The molecule has 5 nitrogen and oxygen atoms in total. The lowest BCUT2D eigenvalue weighted by Gasteiger charge is -2.02. The summed E-state index contributed by atoms with van der Waals surface area (Å²) in [4.78, 5) is 14.4. The minimum Gasteiger partial charge on any atom is -0.355 e. The van der Waals surface area contributed by atoms with E-state index in [9.17, 15) is 4.79 Å². The number of benzene rings is 1. The van der Waals surface area contributed by atoms with Crippen molar-refractivity contribution >= 4 is 5.95 Å². The number of H-pyrrole nitrogens is 1. The maximum Gasteiger partial charge on any atom is 0.279 e. The van der Waals surface area contributed by atoms with Gasteiger partial charge in [-0.3, -0.25) is 9.78 Å². The van der Waals surface area contributed by atoms with Crippen molar-refractivity contribution in [2.24, 2.45) is 0 Å². The molecule has 1 heterocycles. The van der Waals surface area contributed by atoms with Gasteiger partial charge in [-0.15, -0.1) is 10.2 Å². The van der Waals surface area contributed by atoms with Crippen molar-refractivity contribution in [2.75, 3.05) is 11.9 Å². The molecule has 82 valence electrons. The molecule has 1 aromatic carbocycles. The summed E-state index contributed by atoms with van der Waals surface area (Å²) >= 11 is 0. The Morgan fingerprint density at radius 3 is 2.62 bits per heavy atom. The molecule has 0 atom stereocenters. The molecule has 0 aliphatic heterocycles. The zero-order valence-electron chi connectivity index (χ0n) is 8.90. The van der Waals surface area contributed by atoms with E-state index in [1.54, 1.807) is 0 Å². The molecule has 0 bridgehead atoms. The summed E-state index contributed by atoms with van der Waals surface area (Å²) in [6, 6.07) is 9.25. The van der Waals surface area contributed by atoms with E-state index in [-0.39, 0.29) is 5.56 Å². The molecule has 16 heavy (non-hydrogen) atoms. The second kappa shape index (κ2) is 4.57. The smallest absolute Gasteiger partial charge is 0.279 e. The van der Waals surface area contributed by atoms with Crippen LogP contribution in [0.3, 0.4) is 0 Å². The van der Waals surface area contributed by atoms with Crippen molar-refractivity contribution in [3.05, 3.63) is 40.7 Å². The molecule has 0 spiro atoms. The molecule has 0 aliphatic rings. The largest absolute Gasteiger partial charge is 0.355 e. The number of hydrogen-bond acceptors (Lipinski definition) is 4. The van der Waals surface area contributed by atoms with Crippen LogP contribution >= 0.6 is 0 Å². The van der Waals surface area contributed by atoms with Gasteiger partial charge in [-0.2, -0.15) is 0 Å². The Morgan fingerprint density at radius 2 is 2.00 bits per heavy atom. The number of rotatable bonds is 3. The lowest BCUT2D eigenvalue weighted by molar-refractivity contribution is 0.940. The highest BCUT2D eigenvalue weighted by molar-refractivity contribution is 5.57. The lowest BCUT2D eigenvalue weighted by atomic mass is 10.2. The van der Waals surface area contributed by atoms with E-state index >= 15 is 0 Å². The Hall–Kier alpha value is -2.17. The van der Waals surface area contributed by atoms with Gasteiger partial charge in [0.15, 0.2) is 5.69 Å². The third-order valence-corrected chi connectivity index (χ3v) is 2.09. The summed E-state index contributed by atoms with van der Waals surface area (Å²) in [5.74, 6) is 0.396. The van der Waals surface area contributed by atoms with Crippen LogP contribution in [0, 0.1) is 0 Å². The molecule has 0 fully saturated rings. The maximum atomic E-state index is 11.7. The number of nitrogens with one attached hydrogen (secondary N) is 2. The van der Waals surface area contributed by atoms with E-state index < -0.39 is 0 Å². The molecule has 0 unspecified atom stereocenters. The first kappa shape index (κ1) is 10.4. The molecule has 2 aromatic rings. The number of hydrogen-bond donors (Lipinski definition) is 2. The third-order valence-electron chi connectivity index (χ3n) is 2.09. The summed E-state index contributed by atoms with van der Waals surface area (Å²) in [5.41, 5.74) is 0.860. The van der Waals surface area contributed by atoms with Crippen molar-refractivity contribution < 1.29 is 0 Å². The Kier molecular flexibility index (Phi) is 2.95. The number of anilines is 1. The predicted octanol–water partition coefficient (Wildman–Crippen LogP) is 1.26. The minimum absolute atomic E-state index is 0.239. The predicted molar refractivity (Wildman–Crippen MR) is 62.3 cm³/mol. The summed E-state index contributed by atoms with van der Waals surface area (Å²) in [7, 11) is 0. The van der Waals surface area contributed by atoms with Crippen LogP contribution in [0.2, 0.25) is 0 Å². The summed E-state index contributed by atoms with van der Waals surface area (Å²) < 4.78 is 0. The van der Waals surface area contributed by atoms with Gasteiger partial charge in [-0.1, -0.05) is 30.3 Å². The van der Waals surface area contributed by atoms with Gasteiger partial charge in [-0.25, -0.2) is 0 Å². The van der Waals surface area contributed by atoms with Crippen LogP contribution in [-0.4, -0.2) is 21.7 Å². The molecule has 0 amide bonds. The summed E-state index contributed by atoms with van der Waals surface area (Å²) in [6.07, 6.45) is 0. The van der Waals surface area contributed by atoms with Gasteiger partial charge in [0.2, 0.25) is 5.95 Å². The second-order valence-electron chi connectivity index (χ2n) is 3.25. The highest BCUT2D eigenvalue weighted by atomic mass is 16.1. The first-order valence-corrected chi connectivity index (χ1v) is 5.07. The third kappa shape index (κ3) is 2.08. The molecule has 2 N–H and O–H groups in total. The monoisotopic (exact) mass is 216 g/mol. The van der Waals surface area contributed by atoms with Crippen LogP contribution in [0.25, 0.3) is 11.3 Å². The minimum atomic E-state index is -0.239. The van der Waals surface area contributed by atoms with E-state index in [0.29, 0.717) is 18.2 Å². The van der Waals surface area contributed by atoms with Crippen LogP contribution in [0.15, 0.2) is 35.1 Å². The van der Waals surface area contributed by atoms with Gasteiger partial charge >= 0.3 is 0 Å². The molecule has 1 aromatic heterocycles. The fourth-order valence-electron chi connectivity index (χ4n) is 1.37. The molecular weight excluding hydrogens is 204 g/mol. The van der Waals surface area contributed by atoms with Gasteiger partial charge in [0.1, 0.15) is 0 Å². The van der Waals surface area contributed by atoms with Gasteiger partial charge in [-0.05, 0) is 6.92 Å². The van der Waals surface area contributed by atoms with Gasteiger partial charge in [0, 0.05) is 12.1 Å². The normalized spacial score (nSPS) is 10.1. The highest BCUT2D eigenvalue weighted by Gasteiger charge is 2.05. The first-order valence-electron chi connectivity index (χ1n) is 5.07. The molecule has 0 saturated carbocycles. The Labute approximate surface area is 92.6 Å². The zero-order chi connectivity index (χ0) is 11.4. The molecular formula is C11H12N4O. The van der Waals surface area contributed by atoms with E-state index in [2.05, 4.69) is 20.5 Å². The SMILES string of the molecule is CCNc1nnc(-c2ccccc2)c(=O)[nH]1. The van der Waals surface area contributed by atoms with Crippen LogP contribution in [0.4, 0.5) is 5.95 Å². The van der Waals surface area contributed by atoms with E-state index in [1.807, 2.05) is 37.3 Å². The van der Waals surface area contributed by atoms with Crippen molar-refractivity contribution in [2.45, 2.75) is 6.92 Å². The summed E-state index contributed by atoms with van der Waals surface area (Å²) in [5, 5.41) is 10.7. The van der Waals surface area contributed by atoms with Gasteiger partial charge in [0.05, 0.1) is 0 Å². The average Bonchev–Trinajstić information content (AvgIpc) is 2.31. The first-order chi connectivity index (χ1) is 7.81. The van der Waals surface area contributed by atoms with E-state index in [4.69, 9.17) is 0 Å². The van der Waals surface area contributed by atoms with Crippen LogP contribution in [0.1, 0.15) is 6.92 Å². The molecule has 0 saturated heterocycles. The fraction of sp³-hybridized carbons (Fsp3) is 0.182. The fourth-order valence-corrected chi connectivity index (χ4v) is 1.37. The van der Waals surface area contributed by atoms with Crippen molar-refractivity contribution in [3.63, 3.8) is 0 Å².